The lowest BCUT2D eigenvalue weighted by atomic mass is 10.1. The molecule has 168 valence electrons. The molecule has 33 heavy (non-hydrogen) atoms. The summed E-state index contributed by atoms with van der Waals surface area (Å²) in [5, 5.41) is 21.1. The largest absolute Gasteiger partial charge is 0.371 e. The molecule has 0 amide bonds. The molecule has 9 heteroatoms. The minimum Gasteiger partial charge on any atom is -0.371 e. The van der Waals surface area contributed by atoms with E-state index in [1.165, 1.54) is 11.3 Å². The number of aromatic amines is 1. The summed E-state index contributed by atoms with van der Waals surface area (Å²) >= 11 is 1.39. The van der Waals surface area contributed by atoms with Gasteiger partial charge in [-0.05, 0) is 38.1 Å². The summed E-state index contributed by atoms with van der Waals surface area (Å²) in [5.74, 6) is 6.83. The number of aliphatic hydroxyl groups is 1. The molecule has 2 atom stereocenters. The number of thiazole rings is 1. The van der Waals surface area contributed by atoms with Crippen LogP contribution in [-0.2, 0) is 5.60 Å². The van der Waals surface area contributed by atoms with Crippen LogP contribution in [0, 0.1) is 11.8 Å². The first-order valence-electron chi connectivity index (χ1n) is 10.8. The number of benzene rings is 1. The molecule has 0 bridgehead atoms. The molecule has 1 aliphatic heterocycles. The molecule has 4 heterocycles. The second kappa shape index (κ2) is 8.83. The smallest absolute Gasteiger partial charge is 0.174 e. The van der Waals surface area contributed by atoms with E-state index in [2.05, 4.69) is 60.3 Å². The van der Waals surface area contributed by atoms with Crippen molar-refractivity contribution in [1.82, 2.24) is 25.3 Å². The lowest BCUT2D eigenvalue weighted by Gasteiger charge is -2.35. The third kappa shape index (κ3) is 4.54. The fourth-order valence-electron chi connectivity index (χ4n) is 3.95. The Bertz CT molecular complexity index is 1320. The highest BCUT2D eigenvalue weighted by atomic mass is 32.1. The van der Waals surface area contributed by atoms with Crippen molar-refractivity contribution in [3.63, 3.8) is 0 Å². The molecule has 0 spiro atoms. The van der Waals surface area contributed by atoms with Crippen LogP contribution in [0.4, 0.5) is 17.2 Å². The molecule has 1 saturated heterocycles. The minimum absolute atomic E-state index is 0.398. The van der Waals surface area contributed by atoms with E-state index in [0.717, 1.165) is 53.4 Å². The Morgan fingerprint density at radius 2 is 2.18 bits per heavy atom. The van der Waals surface area contributed by atoms with E-state index in [1.54, 1.807) is 19.4 Å². The van der Waals surface area contributed by atoms with Crippen molar-refractivity contribution in [3.05, 3.63) is 58.9 Å². The summed E-state index contributed by atoms with van der Waals surface area (Å²) in [6, 6.07) is 8.43. The highest BCUT2D eigenvalue weighted by molar-refractivity contribution is 7.09. The quantitative estimate of drug-likeness (QED) is 0.348. The number of anilines is 3. The average Bonchev–Trinajstić information content (AvgIpc) is 3.51. The standard InChI is InChI=1S/C24H25N7OS/c1-16-14-31(11-9-25-16)20-4-3-17(5-7-24(2,32)23-27-10-12-33-23)13-19(20)30-22-18-6-8-26-21(18)28-15-29-22/h3-4,6,8,10,12-13,15-16,25,32H,9,11,14H2,1-2H3,(H2,26,28,29,30)/t16-,24?/m1/s1. The number of piperazine rings is 1. The second-order valence-electron chi connectivity index (χ2n) is 8.28. The van der Waals surface area contributed by atoms with E-state index in [-0.39, 0.29) is 0 Å². The van der Waals surface area contributed by atoms with Crippen LogP contribution in [0.3, 0.4) is 0 Å². The Kier molecular flexibility index (Phi) is 5.72. The number of H-pyrrole nitrogens is 1. The Morgan fingerprint density at radius 1 is 1.27 bits per heavy atom. The number of rotatable bonds is 4. The molecule has 4 N–H and O–H groups in total. The van der Waals surface area contributed by atoms with E-state index in [1.807, 2.05) is 29.8 Å². The SMILES string of the molecule is C[C@@H]1CN(c2ccc(C#CC(C)(O)c3nccs3)cc2Nc2ncnc3[nH]ccc23)CCN1. The maximum atomic E-state index is 10.7. The molecule has 1 aromatic carbocycles. The molecule has 1 fully saturated rings. The molecule has 5 rings (SSSR count). The van der Waals surface area contributed by atoms with Gasteiger partial charge in [-0.3, -0.25) is 0 Å². The molecule has 8 nitrogen and oxygen atoms in total. The Balaban J connectivity index is 1.53. The maximum Gasteiger partial charge on any atom is 0.174 e. The van der Waals surface area contributed by atoms with Crippen LogP contribution in [0.15, 0.2) is 48.4 Å². The fraction of sp³-hybridized carbons (Fsp3) is 0.292. The molecule has 3 aromatic heterocycles. The molecule has 4 aromatic rings. The van der Waals surface area contributed by atoms with Crippen molar-refractivity contribution in [1.29, 1.82) is 0 Å². The highest BCUT2D eigenvalue weighted by Gasteiger charge is 2.23. The number of aromatic nitrogens is 4. The lowest BCUT2D eigenvalue weighted by molar-refractivity contribution is 0.122. The van der Waals surface area contributed by atoms with Crippen LogP contribution < -0.4 is 15.5 Å². The Morgan fingerprint density at radius 3 is 3.00 bits per heavy atom. The molecule has 0 radical (unpaired) electrons. The molecule has 0 aliphatic carbocycles. The minimum atomic E-state index is -1.31. The third-order valence-corrected chi connectivity index (χ3v) is 6.60. The normalized spacial score (nSPS) is 17.9. The second-order valence-corrected chi connectivity index (χ2v) is 9.17. The number of nitrogens with one attached hydrogen (secondary N) is 3. The predicted molar refractivity (Wildman–Crippen MR) is 132 cm³/mol. The van der Waals surface area contributed by atoms with E-state index in [9.17, 15) is 5.11 Å². The van der Waals surface area contributed by atoms with Gasteiger partial charge in [0.2, 0.25) is 0 Å². The van der Waals surface area contributed by atoms with Crippen LogP contribution in [0.2, 0.25) is 0 Å². The fourth-order valence-corrected chi connectivity index (χ4v) is 4.60. The van der Waals surface area contributed by atoms with E-state index >= 15 is 0 Å². The van der Waals surface area contributed by atoms with E-state index < -0.39 is 5.60 Å². The zero-order valence-corrected chi connectivity index (χ0v) is 19.3. The van der Waals surface area contributed by atoms with Gasteiger partial charge in [0.05, 0.1) is 16.8 Å². The van der Waals surface area contributed by atoms with Gasteiger partial charge in [-0.25, -0.2) is 15.0 Å². The first kappa shape index (κ1) is 21.4. The summed E-state index contributed by atoms with van der Waals surface area (Å²) in [4.78, 5) is 18.4. The van der Waals surface area contributed by atoms with Crippen LogP contribution >= 0.6 is 11.3 Å². The van der Waals surface area contributed by atoms with Crippen molar-refractivity contribution in [3.8, 4) is 11.8 Å². The van der Waals surface area contributed by atoms with Gasteiger partial charge in [0.15, 0.2) is 5.60 Å². The Labute approximate surface area is 196 Å². The summed E-state index contributed by atoms with van der Waals surface area (Å²) in [6.45, 7) is 6.59. The third-order valence-electron chi connectivity index (χ3n) is 5.61. The van der Waals surface area contributed by atoms with Gasteiger partial charge in [-0.1, -0.05) is 11.8 Å². The van der Waals surface area contributed by atoms with Crippen LogP contribution in [-0.4, -0.2) is 50.7 Å². The van der Waals surface area contributed by atoms with Gasteiger partial charge >= 0.3 is 0 Å². The Hall–Kier alpha value is -3.45. The van der Waals surface area contributed by atoms with Gasteiger partial charge < -0.3 is 25.6 Å². The number of hydrogen-bond acceptors (Lipinski definition) is 8. The van der Waals surface area contributed by atoms with Crippen molar-refractivity contribution in [2.75, 3.05) is 29.9 Å². The summed E-state index contributed by atoms with van der Waals surface area (Å²) < 4.78 is 0. The van der Waals surface area contributed by atoms with Crippen molar-refractivity contribution in [2.24, 2.45) is 0 Å². The zero-order valence-electron chi connectivity index (χ0n) is 18.5. The lowest BCUT2D eigenvalue weighted by Crippen LogP contribution is -2.49. The van der Waals surface area contributed by atoms with Crippen molar-refractivity contribution >= 4 is 39.6 Å². The number of fused-ring (bicyclic) bond motifs is 1. The van der Waals surface area contributed by atoms with Gasteiger partial charge in [-0.15, -0.1) is 11.3 Å². The van der Waals surface area contributed by atoms with E-state index in [0.29, 0.717) is 11.0 Å². The topological polar surface area (TPSA) is 102 Å². The number of hydrogen-bond donors (Lipinski definition) is 4. The molecular weight excluding hydrogens is 434 g/mol. The van der Waals surface area contributed by atoms with Gasteiger partial charge in [0, 0.05) is 49.0 Å². The summed E-state index contributed by atoms with van der Waals surface area (Å²) in [6.07, 6.45) is 5.07. The van der Waals surface area contributed by atoms with Gasteiger partial charge in [0.25, 0.3) is 0 Å². The van der Waals surface area contributed by atoms with Gasteiger partial charge in [0.1, 0.15) is 22.8 Å². The molecule has 1 unspecified atom stereocenters. The molecule has 1 aliphatic rings. The number of nitrogens with zero attached hydrogens (tertiary/aromatic N) is 4. The first-order chi connectivity index (χ1) is 16.0. The monoisotopic (exact) mass is 459 g/mol. The summed E-state index contributed by atoms with van der Waals surface area (Å²) in [5.41, 5.74) is 2.26. The molecular formula is C24H25N7OS. The van der Waals surface area contributed by atoms with Crippen LogP contribution in [0.1, 0.15) is 24.4 Å². The van der Waals surface area contributed by atoms with Crippen molar-refractivity contribution in [2.45, 2.75) is 25.5 Å². The van der Waals surface area contributed by atoms with E-state index in [4.69, 9.17) is 0 Å². The first-order valence-corrected chi connectivity index (χ1v) is 11.7. The van der Waals surface area contributed by atoms with Crippen molar-refractivity contribution < 1.29 is 5.11 Å². The predicted octanol–water partition coefficient (Wildman–Crippen LogP) is 3.22. The highest BCUT2D eigenvalue weighted by Crippen LogP contribution is 2.32. The van der Waals surface area contributed by atoms with Gasteiger partial charge in [-0.2, -0.15) is 0 Å². The van der Waals surface area contributed by atoms with Crippen LogP contribution in [0.5, 0.6) is 0 Å². The molecule has 0 saturated carbocycles. The summed E-state index contributed by atoms with van der Waals surface area (Å²) in [7, 11) is 0. The average molecular weight is 460 g/mol. The zero-order chi connectivity index (χ0) is 22.8. The maximum absolute atomic E-state index is 10.7. The van der Waals surface area contributed by atoms with Crippen LogP contribution in [0.25, 0.3) is 11.0 Å².